The Labute approximate surface area is 143 Å². The molecule has 1 amide bonds. The summed E-state index contributed by atoms with van der Waals surface area (Å²) in [6.45, 7) is 0.794. The number of aryl methyl sites for hydroxylation is 2. The Bertz CT molecular complexity index is 895. The summed E-state index contributed by atoms with van der Waals surface area (Å²) in [4.78, 5) is 13.9. The van der Waals surface area contributed by atoms with Crippen LogP contribution >= 0.6 is 11.3 Å². The molecule has 1 aromatic carbocycles. The minimum atomic E-state index is -3.96. The zero-order chi connectivity index (χ0) is 16.7. The standard InChI is InChI=1S/C16H15NO5S2/c18-16(15-8-10-2-1-3-14(10)23-15)17-24(19,20)11-4-5-12-13(9-11)22-7-6-21-12/h4-5,8-9H,1-3,6-7H2,(H,17,18). The lowest BCUT2D eigenvalue weighted by Crippen LogP contribution is -2.30. The quantitative estimate of drug-likeness (QED) is 0.901. The van der Waals surface area contributed by atoms with Crippen LogP contribution in [0.3, 0.4) is 0 Å². The molecule has 0 saturated heterocycles. The van der Waals surface area contributed by atoms with Gasteiger partial charge in [0.15, 0.2) is 11.5 Å². The number of benzene rings is 1. The number of nitrogens with one attached hydrogen (secondary N) is 1. The molecule has 0 spiro atoms. The number of hydrogen-bond acceptors (Lipinski definition) is 6. The number of hydrogen-bond donors (Lipinski definition) is 1. The Kier molecular flexibility index (Phi) is 3.73. The van der Waals surface area contributed by atoms with Crippen molar-refractivity contribution in [1.82, 2.24) is 4.72 Å². The number of fused-ring (bicyclic) bond motifs is 2. The molecule has 2 aliphatic rings. The zero-order valence-corrected chi connectivity index (χ0v) is 14.3. The van der Waals surface area contributed by atoms with Crippen LogP contribution in [-0.4, -0.2) is 27.5 Å². The molecule has 0 atom stereocenters. The molecule has 0 fully saturated rings. The van der Waals surface area contributed by atoms with Gasteiger partial charge in [-0.2, -0.15) is 0 Å². The lowest BCUT2D eigenvalue weighted by Gasteiger charge is -2.18. The maximum atomic E-state index is 12.5. The van der Waals surface area contributed by atoms with E-state index in [-0.39, 0.29) is 4.90 Å². The summed E-state index contributed by atoms with van der Waals surface area (Å²) in [5, 5.41) is 0. The smallest absolute Gasteiger partial charge is 0.275 e. The lowest BCUT2D eigenvalue weighted by molar-refractivity contribution is 0.0985. The van der Waals surface area contributed by atoms with Gasteiger partial charge in [-0.1, -0.05) is 0 Å². The first-order valence-electron chi connectivity index (χ1n) is 7.61. The second-order valence-electron chi connectivity index (χ2n) is 5.65. The third-order valence-corrected chi connectivity index (χ3v) is 6.59. The number of rotatable bonds is 3. The SMILES string of the molecule is O=C(NS(=O)(=O)c1ccc2c(c1)OCCO2)c1cc2c(s1)CCC2. The molecule has 4 rings (SSSR count). The van der Waals surface area contributed by atoms with Crippen LogP contribution in [0.25, 0.3) is 0 Å². The normalized spacial score (nSPS) is 15.8. The largest absolute Gasteiger partial charge is 0.486 e. The highest BCUT2D eigenvalue weighted by Crippen LogP contribution is 2.33. The summed E-state index contributed by atoms with van der Waals surface area (Å²) >= 11 is 1.37. The van der Waals surface area contributed by atoms with E-state index in [0.29, 0.717) is 29.6 Å². The molecule has 2 aromatic rings. The van der Waals surface area contributed by atoms with E-state index in [9.17, 15) is 13.2 Å². The Morgan fingerprint density at radius 2 is 1.88 bits per heavy atom. The van der Waals surface area contributed by atoms with Crippen molar-refractivity contribution in [1.29, 1.82) is 0 Å². The van der Waals surface area contributed by atoms with Crippen LogP contribution < -0.4 is 14.2 Å². The highest BCUT2D eigenvalue weighted by atomic mass is 32.2. The fraction of sp³-hybridized carbons (Fsp3) is 0.312. The molecule has 8 heteroatoms. The third-order valence-electron chi connectivity index (χ3n) is 4.02. The predicted octanol–water partition coefficient (Wildman–Crippen LogP) is 2.13. The number of amides is 1. The van der Waals surface area contributed by atoms with Crippen LogP contribution in [0.1, 0.15) is 26.5 Å². The average Bonchev–Trinajstić information content (AvgIpc) is 3.15. The van der Waals surface area contributed by atoms with Crippen molar-refractivity contribution < 1.29 is 22.7 Å². The molecule has 0 radical (unpaired) electrons. The van der Waals surface area contributed by atoms with Crippen LogP contribution in [0.4, 0.5) is 0 Å². The molecule has 1 aliphatic carbocycles. The van der Waals surface area contributed by atoms with Crippen molar-refractivity contribution >= 4 is 27.3 Å². The monoisotopic (exact) mass is 365 g/mol. The first kappa shape index (κ1) is 15.5. The van der Waals surface area contributed by atoms with Gasteiger partial charge in [-0.25, -0.2) is 13.1 Å². The van der Waals surface area contributed by atoms with E-state index < -0.39 is 15.9 Å². The van der Waals surface area contributed by atoms with E-state index in [0.717, 1.165) is 24.8 Å². The summed E-state index contributed by atoms with van der Waals surface area (Å²) < 4.78 is 37.8. The van der Waals surface area contributed by atoms with E-state index in [1.54, 1.807) is 6.07 Å². The van der Waals surface area contributed by atoms with E-state index in [1.807, 2.05) is 0 Å². The lowest BCUT2D eigenvalue weighted by atomic mass is 10.2. The number of carbonyl (C=O) groups is 1. The van der Waals surface area contributed by atoms with E-state index in [1.165, 1.54) is 34.4 Å². The number of ether oxygens (including phenoxy) is 2. The van der Waals surface area contributed by atoms with Gasteiger partial charge in [-0.15, -0.1) is 11.3 Å². The fourth-order valence-electron chi connectivity index (χ4n) is 2.86. The predicted molar refractivity (Wildman–Crippen MR) is 88.4 cm³/mol. The molecular formula is C16H15NO5S2. The minimum absolute atomic E-state index is 0.0239. The summed E-state index contributed by atoms with van der Waals surface area (Å²) in [5.74, 6) is 0.275. The van der Waals surface area contributed by atoms with Crippen LogP contribution in [0, 0.1) is 0 Å². The van der Waals surface area contributed by atoms with Crippen molar-refractivity contribution in [3.63, 3.8) is 0 Å². The molecule has 126 valence electrons. The maximum absolute atomic E-state index is 12.5. The zero-order valence-electron chi connectivity index (χ0n) is 12.7. The van der Waals surface area contributed by atoms with Gasteiger partial charge in [0, 0.05) is 10.9 Å². The van der Waals surface area contributed by atoms with Gasteiger partial charge in [-0.3, -0.25) is 4.79 Å². The van der Waals surface area contributed by atoms with E-state index in [4.69, 9.17) is 9.47 Å². The molecule has 24 heavy (non-hydrogen) atoms. The summed E-state index contributed by atoms with van der Waals surface area (Å²) in [6, 6.07) is 6.10. The van der Waals surface area contributed by atoms with E-state index >= 15 is 0 Å². The van der Waals surface area contributed by atoms with Crippen LogP contribution in [-0.2, 0) is 22.9 Å². The Balaban J connectivity index is 1.57. The maximum Gasteiger partial charge on any atom is 0.275 e. The summed E-state index contributed by atoms with van der Waals surface area (Å²) in [7, 11) is -3.96. The van der Waals surface area contributed by atoms with Gasteiger partial charge in [0.25, 0.3) is 15.9 Å². The molecule has 1 N–H and O–H groups in total. The molecule has 0 saturated carbocycles. The average molecular weight is 365 g/mol. The molecule has 1 aromatic heterocycles. The minimum Gasteiger partial charge on any atom is -0.486 e. The summed E-state index contributed by atoms with van der Waals surface area (Å²) in [6.07, 6.45) is 3.01. The van der Waals surface area contributed by atoms with Crippen molar-refractivity contribution in [3.8, 4) is 11.5 Å². The third kappa shape index (κ3) is 2.76. The second kappa shape index (κ2) is 5.78. The van der Waals surface area contributed by atoms with Gasteiger partial charge in [0.1, 0.15) is 13.2 Å². The van der Waals surface area contributed by atoms with Gasteiger partial charge in [0.05, 0.1) is 9.77 Å². The topological polar surface area (TPSA) is 81.7 Å². The Hall–Kier alpha value is -2.06. The second-order valence-corrected chi connectivity index (χ2v) is 8.47. The molecule has 2 heterocycles. The molecule has 0 bridgehead atoms. The van der Waals surface area contributed by atoms with Crippen molar-refractivity contribution in [2.24, 2.45) is 0 Å². The molecule has 6 nitrogen and oxygen atoms in total. The van der Waals surface area contributed by atoms with Crippen molar-refractivity contribution in [2.45, 2.75) is 24.2 Å². The molecule has 0 unspecified atom stereocenters. The van der Waals surface area contributed by atoms with Crippen molar-refractivity contribution in [2.75, 3.05) is 13.2 Å². The van der Waals surface area contributed by atoms with Gasteiger partial charge >= 0.3 is 0 Å². The molecule has 1 aliphatic heterocycles. The Morgan fingerprint density at radius 1 is 1.08 bits per heavy atom. The van der Waals surface area contributed by atoms with E-state index in [2.05, 4.69) is 4.72 Å². The molecular weight excluding hydrogens is 350 g/mol. The highest BCUT2D eigenvalue weighted by Gasteiger charge is 2.24. The van der Waals surface area contributed by atoms with Gasteiger partial charge in [-0.05, 0) is 43.0 Å². The van der Waals surface area contributed by atoms with Crippen LogP contribution in [0.5, 0.6) is 11.5 Å². The highest BCUT2D eigenvalue weighted by molar-refractivity contribution is 7.90. The van der Waals surface area contributed by atoms with Crippen LogP contribution in [0.15, 0.2) is 29.2 Å². The van der Waals surface area contributed by atoms with Crippen LogP contribution in [0.2, 0.25) is 0 Å². The number of sulfonamides is 1. The first-order valence-corrected chi connectivity index (χ1v) is 9.91. The van der Waals surface area contributed by atoms with Crippen molar-refractivity contribution in [3.05, 3.63) is 39.6 Å². The fourth-order valence-corrected chi connectivity index (χ4v) is 5.06. The number of thiophene rings is 1. The van der Waals surface area contributed by atoms with Gasteiger partial charge in [0.2, 0.25) is 0 Å². The van der Waals surface area contributed by atoms with Gasteiger partial charge < -0.3 is 9.47 Å². The first-order chi connectivity index (χ1) is 11.5. The Morgan fingerprint density at radius 3 is 2.67 bits per heavy atom. The summed E-state index contributed by atoms with van der Waals surface area (Å²) in [5.41, 5.74) is 1.15. The number of carbonyl (C=O) groups excluding carboxylic acids is 1.